The van der Waals surface area contributed by atoms with E-state index >= 15 is 0 Å². The summed E-state index contributed by atoms with van der Waals surface area (Å²) in [5.74, 6) is 1.89. The van der Waals surface area contributed by atoms with Gasteiger partial charge in [0.15, 0.2) is 5.96 Å². The lowest BCUT2D eigenvalue weighted by atomic mass is 10.2. The third-order valence-electron chi connectivity index (χ3n) is 3.81. The fraction of sp³-hybridized carbons (Fsp3) is 0.143. The molecule has 146 valence electrons. The van der Waals surface area contributed by atoms with Gasteiger partial charge in [0.1, 0.15) is 18.1 Å². The van der Waals surface area contributed by atoms with Crippen molar-refractivity contribution in [3.8, 4) is 11.5 Å². The van der Waals surface area contributed by atoms with E-state index in [9.17, 15) is 0 Å². The van der Waals surface area contributed by atoms with E-state index in [1.54, 1.807) is 13.3 Å². The third-order valence-corrected chi connectivity index (χ3v) is 3.81. The summed E-state index contributed by atoms with van der Waals surface area (Å²) < 4.78 is 10.9. The number of methoxy groups -OCH3 is 1. The molecule has 0 aliphatic heterocycles. The normalized spacial score (nSPS) is 10.7. The van der Waals surface area contributed by atoms with Gasteiger partial charge in [0.25, 0.3) is 0 Å². The molecular formula is C21H23IN4O2. The van der Waals surface area contributed by atoms with Gasteiger partial charge in [0, 0.05) is 18.0 Å². The first-order valence-electron chi connectivity index (χ1n) is 8.55. The summed E-state index contributed by atoms with van der Waals surface area (Å²) in [6.45, 7) is 0.916. The predicted octanol–water partition coefficient (Wildman–Crippen LogP) is 4.21. The number of nitrogens with zero attached hydrogens (tertiary/aromatic N) is 2. The van der Waals surface area contributed by atoms with Gasteiger partial charge in [-0.3, -0.25) is 4.98 Å². The Morgan fingerprint density at radius 1 is 1.04 bits per heavy atom. The molecule has 3 aromatic rings. The molecule has 6 nitrogen and oxygen atoms in total. The quantitative estimate of drug-likeness (QED) is 0.295. The highest BCUT2D eigenvalue weighted by molar-refractivity contribution is 14.0. The molecule has 1 aromatic heterocycles. The number of hydrogen-bond donors (Lipinski definition) is 2. The first-order chi connectivity index (χ1) is 13.2. The van der Waals surface area contributed by atoms with Gasteiger partial charge < -0.3 is 20.5 Å². The van der Waals surface area contributed by atoms with Gasteiger partial charge in [-0.1, -0.05) is 24.3 Å². The summed E-state index contributed by atoms with van der Waals surface area (Å²) in [5, 5.41) is 3.05. The summed E-state index contributed by atoms with van der Waals surface area (Å²) in [6.07, 6.45) is 1.75. The van der Waals surface area contributed by atoms with E-state index < -0.39 is 0 Å². The summed E-state index contributed by atoms with van der Waals surface area (Å²) in [6, 6.07) is 21.0. The first kappa shape index (κ1) is 21.5. The van der Waals surface area contributed by atoms with E-state index in [0.717, 1.165) is 28.4 Å². The fourth-order valence-electron chi connectivity index (χ4n) is 2.40. The van der Waals surface area contributed by atoms with Crippen LogP contribution in [0.3, 0.4) is 0 Å². The Morgan fingerprint density at radius 3 is 2.57 bits per heavy atom. The fourth-order valence-corrected chi connectivity index (χ4v) is 2.40. The lowest BCUT2D eigenvalue weighted by molar-refractivity contribution is 0.301. The van der Waals surface area contributed by atoms with E-state index in [-0.39, 0.29) is 24.0 Å². The first-order valence-corrected chi connectivity index (χ1v) is 8.55. The molecule has 2 aromatic carbocycles. The minimum absolute atomic E-state index is 0. The van der Waals surface area contributed by atoms with Crippen molar-refractivity contribution in [2.75, 3.05) is 12.4 Å². The van der Waals surface area contributed by atoms with Crippen molar-refractivity contribution < 1.29 is 9.47 Å². The molecule has 0 saturated heterocycles. The average molecular weight is 490 g/mol. The second-order valence-electron chi connectivity index (χ2n) is 5.81. The standard InChI is InChI=1S/C21H22N4O2.HI/c1-26-20-7-4-6-17(13-20)25-21(22)24-14-16-8-10-19(11-9-16)27-15-18-5-2-3-12-23-18;/h2-13H,14-15H2,1H3,(H3,22,24,25);1H. The van der Waals surface area contributed by atoms with E-state index in [4.69, 9.17) is 15.2 Å². The molecule has 7 heteroatoms. The molecule has 0 spiro atoms. The molecule has 0 unspecified atom stereocenters. The average Bonchev–Trinajstić information content (AvgIpc) is 2.72. The number of aliphatic imine (C=N–C) groups is 1. The maximum Gasteiger partial charge on any atom is 0.193 e. The van der Waals surface area contributed by atoms with E-state index in [1.807, 2.05) is 66.7 Å². The number of rotatable bonds is 7. The number of halogens is 1. The predicted molar refractivity (Wildman–Crippen MR) is 122 cm³/mol. The SMILES string of the molecule is COc1cccc(NC(N)=NCc2ccc(OCc3ccccn3)cc2)c1.I. The molecule has 0 atom stereocenters. The molecular weight excluding hydrogens is 467 g/mol. The number of anilines is 1. The maximum absolute atomic E-state index is 5.95. The van der Waals surface area contributed by atoms with E-state index in [0.29, 0.717) is 19.1 Å². The van der Waals surface area contributed by atoms with Crippen LogP contribution in [0.5, 0.6) is 11.5 Å². The van der Waals surface area contributed by atoms with Gasteiger partial charge in [0.2, 0.25) is 0 Å². The zero-order valence-corrected chi connectivity index (χ0v) is 17.9. The van der Waals surface area contributed by atoms with Crippen LogP contribution in [-0.4, -0.2) is 18.1 Å². The highest BCUT2D eigenvalue weighted by atomic mass is 127. The van der Waals surface area contributed by atoms with Crippen LogP contribution in [0.25, 0.3) is 0 Å². The molecule has 0 radical (unpaired) electrons. The van der Waals surface area contributed by atoms with Gasteiger partial charge in [-0.05, 0) is 42.0 Å². The number of guanidine groups is 1. The molecule has 28 heavy (non-hydrogen) atoms. The number of hydrogen-bond acceptors (Lipinski definition) is 4. The van der Waals surface area contributed by atoms with Crippen LogP contribution in [0.2, 0.25) is 0 Å². The molecule has 0 bridgehead atoms. The Balaban J connectivity index is 0.00000280. The van der Waals surface area contributed by atoms with Crippen LogP contribution in [0.4, 0.5) is 5.69 Å². The number of aromatic nitrogens is 1. The molecule has 0 aliphatic rings. The molecule has 0 aliphatic carbocycles. The Morgan fingerprint density at radius 2 is 1.86 bits per heavy atom. The Bertz CT molecular complexity index is 886. The molecule has 3 N–H and O–H groups in total. The molecule has 0 saturated carbocycles. The van der Waals surface area contributed by atoms with Crippen LogP contribution in [0, 0.1) is 0 Å². The smallest absolute Gasteiger partial charge is 0.193 e. The highest BCUT2D eigenvalue weighted by Gasteiger charge is 2.00. The van der Waals surface area contributed by atoms with Crippen molar-refractivity contribution in [1.82, 2.24) is 4.98 Å². The minimum Gasteiger partial charge on any atom is -0.497 e. The van der Waals surface area contributed by atoms with Gasteiger partial charge in [-0.2, -0.15) is 0 Å². The van der Waals surface area contributed by atoms with Crippen molar-refractivity contribution in [3.63, 3.8) is 0 Å². The summed E-state index contributed by atoms with van der Waals surface area (Å²) in [4.78, 5) is 8.59. The topological polar surface area (TPSA) is 81.8 Å². The van der Waals surface area contributed by atoms with Crippen molar-refractivity contribution >= 4 is 35.6 Å². The van der Waals surface area contributed by atoms with Gasteiger partial charge in [0.05, 0.1) is 19.3 Å². The molecule has 0 amide bonds. The van der Waals surface area contributed by atoms with Gasteiger partial charge in [-0.25, -0.2) is 4.99 Å². The monoisotopic (exact) mass is 490 g/mol. The Hall–Kier alpha value is -2.81. The second kappa shape index (κ2) is 11.1. The molecule has 0 fully saturated rings. The summed E-state index contributed by atoms with van der Waals surface area (Å²) in [7, 11) is 1.63. The van der Waals surface area contributed by atoms with Crippen molar-refractivity contribution in [1.29, 1.82) is 0 Å². The van der Waals surface area contributed by atoms with Crippen LogP contribution >= 0.6 is 24.0 Å². The van der Waals surface area contributed by atoms with Crippen LogP contribution < -0.4 is 20.5 Å². The van der Waals surface area contributed by atoms with Gasteiger partial charge in [-0.15, -0.1) is 24.0 Å². The van der Waals surface area contributed by atoms with E-state index in [1.165, 1.54) is 0 Å². The number of ether oxygens (including phenoxy) is 2. The maximum atomic E-state index is 5.95. The largest absolute Gasteiger partial charge is 0.497 e. The summed E-state index contributed by atoms with van der Waals surface area (Å²) >= 11 is 0. The number of nitrogens with two attached hydrogens (primary N) is 1. The van der Waals surface area contributed by atoms with E-state index in [2.05, 4.69) is 15.3 Å². The van der Waals surface area contributed by atoms with Crippen LogP contribution in [0.1, 0.15) is 11.3 Å². The Kier molecular flexibility index (Phi) is 8.54. The molecule has 1 heterocycles. The number of pyridine rings is 1. The number of nitrogens with one attached hydrogen (secondary N) is 1. The highest BCUT2D eigenvalue weighted by Crippen LogP contribution is 2.17. The minimum atomic E-state index is 0. The van der Waals surface area contributed by atoms with Crippen LogP contribution in [-0.2, 0) is 13.2 Å². The van der Waals surface area contributed by atoms with Gasteiger partial charge >= 0.3 is 0 Å². The van der Waals surface area contributed by atoms with Crippen molar-refractivity contribution in [2.24, 2.45) is 10.7 Å². The molecule has 3 rings (SSSR count). The van der Waals surface area contributed by atoms with Crippen LogP contribution in [0.15, 0.2) is 77.9 Å². The van der Waals surface area contributed by atoms with Crippen molar-refractivity contribution in [2.45, 2.75) is 13.2 Å². The zero-order valence-electron chi connectivity index (χ0n) is 15.5. The lowest BCUT2D eigenvalue weighted by Crippen LogP contribution is -2.22. The summed E-state index contributed by atoms with van der Waals surface area (Å²) in [5.41, 5.74) is 8.71. The Labute approximate surface area is 181 Å². The number of benzene rings is 2. The lowest BCUT2D eigenvalue weighted by Gasteiger charge is -2.08. The third kappa shape index (κ3) is 6.73. The second-order valence-corrected chi connectivity index (χ2v) is 5.81. The zero-order chi connectivity index (χ0) is 18.9. The van der Waals surface area contributed by atoms with Crippen molar-refractivity contribution in [3.05, 3.63) is 84.2 Å².